The molecule has 6 nitrogen and oxygen atoms in total. The summed E-state index contributed by atoms with van der Waals surface area (Å²) >= 11 is 1.38. The van der Waals surface area contributed by atoms with Crippen molar-refractivity contribution in [2.75, 3.05) is 5.43 Å². The van der Waals surface area contributed by atoms with Gasteiger partial charge in [-0.05, 0) is 43.3 Å². The third kappa shape index (κ3) is 4.39. The van der Waals surface area contributed by atoms with Crippen molar-refractivity contribution in [3.05, 3.63) is 87.8 Å². The minimum Gasteiger partial charge on any atom is -0.277 e. The number of fused-ring (bicyclic) bond motifs is 1. The summed E-state index contributed by atoms with van der Waals surface area (Å²) in [7, 11) is 0. The lowest BCUT2D eigenvalue weighted by atomic mass is 10.2. The van der Waals surface area contributed by atoms with E-state index in [1.807, 2.05) is 19.1 Å². The molecular formula is C23H19FN4O2S. The number of thiophene rings is 1. The van der Waals surface area contributed by atoms with Gasteiger partial charge >= 0.3 is 0 Å². The Bertz CT molecular complexity index is 1340. The van der Waals surface area contributed by atoms with E-state index in [0.717, 1.165) is 9.75 Å². The molecule has 2 aromatic heterocycles. The minimum absolute atomic E-state index is 0.181. The molecule has 0 aliphatic heterocycles. The van der Waals surface area contributed by atoms with Crippen LogP contribution in [-0.2, 0) is 11.3 Å². The van der Waals surface area contributed by atoms with Crippen molar-refractivity contribution < 1.29 is 9.18 Å². The minimum atomic E-state index is -0.411. The van der Waals surface area contributed by atoms with Crippen molar-refractivity contribution in [3.8, 4) is 10.4 Å². The molecule has 0 aliphatic rings. The Balaban J connectivity index is 1.46. The number of hydrogen-bond donors (Lipinski definition) is 2. The number of para-hydroxylation sites is 1. The first kappa shape index (κ1) is 20.5. The van der Waals surface area contributed by atoms with Gasteiger partial charge in [-0.15, -0.1) is 11.3 Å². The van der Waals surface area contributed by atoms with Crippen LogP contribution in [0.1, 0.15) is 11.8 Å². The first-order chi connectivity index (χ1) is 15.1. The number of nitrogens with one attached hydrogen (secondary N) is 2. The van der Waals surface area contributed by atoms with E-state index in [0.29, 0.717) is 23.0 Å². The first-order valence-electron chi connectivity index (χ1n) is 9.65. The van der Waals surface area contributed by atoms with Crippen LogP contribution in [0.25, 0.3) is 27.4 Å². The van der Waals surface area contributed by atoms with Gasteiger partial charge in [-0.25, -0.2) is 9.37 Å². The van der Waals surface area contributed by atoms with E-state index in [1.165, 1.54) is 28.0 Å². The Morgan fingerprint density at radius 2 is 1.90 bits per heavy atom. The van der Waals surface area contributed by atoms with Gasteiger partial charge in [-0.1, -0.05) is 30.3 Å². The molecular weight excluding hydrogens is 415 g/mol. The number of carbonyl (C=O) groups excluding carboxylic acids is 1. The van der Waals surface area contributed by atoms with Gasteiger partial charge in [0, 0.05) is 27.9 Å². The van der Waals surface area contributed by atoms with Crippen LogP contribution in [0.3, 0.4) is 0 Å². The van der Waals surface area contributed by atoms with Crippen LogP contribution >= 0.6 is 11.3 Å². The lowest BCUT2D eigenvalue weighted by molar-refractivity contribution is -0.116. The molecule has 0 unspecified atom stereocenters. The number of benzene rings is 2. The van der Waals surface area contributed by atoms with Crippen molar-refractivity contribution in [3.63, 3.8) is 0 Å². The molecule has 0 spiro atoms. The van der Waals surface area contributed by atoms with Crippen LogP contribution in [-0.4, -0.2) is 15.5 Å². The van der Waals surface area contributed by atoms with Gasteiger partial charge < -0.3 is 0 Å². The van der Waals surface area contributed by atoms with E-state index in [1.54, 1.807) is 48.5 Å². The van der Waals surface area contributed by atoms with E-state index in [-0.39, 0.29) is 17.3 Å². The van der Waals surface area contributed by atoms with Crippen molar-refractivity contribution in [2.45, 2.75) is 13.5 Å². The Labute approximate surface area is 181 Å². The topological polar surface area (TPSA) is 76.0 Å². The summed E-state index contributed by atoms with van der Waals surface area (Å²) in [6.45, 7) is 2.23. The number of hydrazine groups is 1. The summed E-state index contributed by atoms with van der Waals surface area (Å²) in [6, 6.07) is 17.2. The fraction of sp³-hybridized carbons (Fsp3) is 0.0870. The molecule has 0 bridgehead atoms. The molecule has 0 fully saturated rings. The zero-order valence-corrected chi connectivity index (χ0v) is 17.4. The molecule has 0 radical (unpaired) electrons. The molecule has 2 aromatic carbocycles. The predicted octanol–water partition coefficient (Wildman–Crippen LogP) is 4.44. The largest absolute Gasteiger partial charge is 0.277 e. The molecule has 31 heavy (non-hydrogen) atoms. The van der Waals surface area contributed by atoms with Gasteiger partial charge in [0.05, 0.1) is 10.9 Å². The van der Waals surface area contributed by atoms with E-state index >= 15 is 0 Å². The standard InChI is InChI=1S/C23H19FN4O2S/c1-2-28-22(30)17-8-4-6-10-19(17)25-23(28)27-26-21(29)14-12-15-11-13-20(31-15)16-7-3-5-9-18(16)24/h3-14H,2H2,1H3,(H,25,27)(H,26,29)/b14-12+. The smallest absolute Gasteiger partial charge is 0.262 e. The van der Waals surface area contributed by atoms with Gasteiger partial charge in [0.2, 0.25) is 5.95 Å². The normalized spacial score (nSPS) is 11.2. The van der Waals surface area contributed by atoms with Gasteiger partial charge in [0.15, 0.2) is 0 Å². The number of hydrogen-bond acceptors (Lipinski definition) is 5. The summed E-state index contributed by atoms with van der Waals surface area (Å²) in [4.78, 5) is 30.9. The molecule has 2 heterocycles. The van der Waals surface area contributed by atoms with Crippen molar-refractivity contribution >= 4 is 40.2 Å². The molecule has 4 aromatic rings. The average molecular weight is 434 g/mol. The van der Waals surface area contributed by atoms with Gasteiger partial charge in [-0.2, -0.15) is 0 Å². The average Bonchev–Trinajstić information content (AvgIpc) is 3.25. The van der Waals surface area contributed by atoms with Crippen LogP contribution in [0.5, 0.6) is 0 Å². The summed E-state index contributed by atoms with van der Waals surface area (Å²) in [5.74, 6) is -0.441. The van der Waals surface area contributed by atoms with E-state index in [9.17, 15) is 14.0 Å². The van der Waals surface area contributed by atoms with Crippen LogP contribution in [0.4, 0.5) is 10.3 Å². The SMILES string of the molecule is CCn1c(NNC(=O)/C=C/c2ccc(-c3ccccc3F)s2)nc2ccccc2c1=O. The second-order valence-corrected chi connectivity index (χ2v) is 7.75. The Hall–Kier alpha value is -3.78. The highest BCUT2D eigenvalue weighted by Crippen LogP contribution is 2.30. The maximum atomic E-state index is 13.9. The van der Waals surface area contributed by atoms with Crippen LogP contribution < -0.4 is 16.4 Å². The van der Waals surface area contributed by atoms with Crippen molar-refractivity contribution in [1.82, 2.24) is 15.0 Å². The lowest BCUT2D eigenvalue weighted by Crippen LogP contribution is -2.33. The fourth-order valence-electron chi connectivity index (χ4n) is 3.12. The van der Waals surface area contributed by atoms with Gasteiger partial charge in [0.1, 0.15) is 5.82 Å². The quantitative estimate of drug-likeness (QED) is 0.348. The highest BCUT2D eigenvalue weighted by molar-refractivity contribution is 7.16. The van der Waals surface area contributed by atoms with Crippen LogP contribution in [0.2, 0.25) is 0 Å². The molecule has 4 rings (SSSR count). The van der Waals surface area contributed by atoms with Crippen molar-refractivity contribution in [2.24, 2.45) is 0 Å². The summed E-state index contributed by atoms with van der Waals surface area (Å²) < 4.78 is 15.4. The number of nitrogens with zero attached hydrogens (tertiary/aromatic N) is 2. The second-order valence-electron chi connectivity index (χ2n) is 6.63. The predicted molar refractivity (Wildman–Crippen MR) is 122 cm³/mol. The number of amides is 1. The third-order valence-electron chi connectivity index (χ3n) is 4.64. The molecule has 0 saturated heterocycles. The van der Waals surface area contributed by atoms with Crippen LogP contribution in [0, 0.1) is 5.82 Å². The number of carbonyl (C=O) groups is 1. The molecule has 8 heteroatoms. The highest BCUT2D eigenvalue weighted by Gasteiger charge is 2.10. The maximum absolute atomic E-state index is 13.9. The van der Waals surface area contributed by atoms with Crippen LogP contribution in [0.15, 0.2) is 71.5 Å². The van der Waals surface area contributed by atoms with E-state index < -0.39 is 5.91 Å². The van der Waals surface area contributed by atoms with Gasteiger partial charge in [0.25, 0.3) is 11.5 Å². The maximum Gasteiger partial charge on any atom is 0.262 e. The number of rotatable bonds is 6. The van der Waals surface area contributed by atoms with Gasteiger partial charge in [-0.3, -0.25) is 25.0 Å². The Morgan fingerprint density at radius 3 is 2.71 bits per heavy atom. The highest BCUT2D eigenvalue weighted by atomic mass is 32.1. The molecule has 0 aliphatic carbocycles. The molecule has 156 valence electrons. The molecule has 0 atom stereocenters. The number of anilines is 1. The number of aromatic nitrogens is 2. The first-order valence-corrected chi connectivity index (χ1v) is 10.5. The van der Waals surface area contributed by atoms with Crippen molar-refractivity contribution in [1.29, 1.82) is 0 Å². The molecule has 2 N–H and O–H groups in total. The summed E-state index contributed by atoms with van der Waals surface area (Å²) in [5.41, 5.74) is 6.15. The van der Waals surface area contributed by atoms with E-state index in [4.69, 9.17) is 0 Å². The third-order valence-corrected chi connectivity index (χ3v) is 5.72. The van der Waals surface area contributed by atoms with E-state index in [2.05, 4.69) is 15.8 Å². The Kier molecular flexibility index (Phi) is 5.90. The zero-order chi connectivity index (χ0) is 21.8. The summed E-state index contributed by atoms with van der Waals surface area (Å²) in [6.07, 6.45) is 3.01. The Morgan fingerprint density at radius 1 is 1.13 bits per heavy atom. The molecule has 1 amide bonds. The second kappa shape index (κ2) is 8.93. The fourth-order valence-corrected chi connectivity index (χ4v) is 4.06. The number of halogens is 1. The molecule has 0 saturated carbocycles. The zero-order valence-electron chi connectivity index (χ0n) is 16.6. The lowest BCUT2D eigenvalue weighted by Gasteiger charge is -2.13. The monoisotopic (exact) mass is 434 g/mol. The summed E-state index contributed by atoms with van der Waals surface area (Å²) in [5, 5.41) is 0.518.